The van der Waals surface area contributed by atoms with Crippen LogP contribution in [0.2, 0.25) is 0 Å². The number of hydrogen-bond donors (Lipinski definition) is 1. The second-order valence-corrected chi connectivity index (χ2v) is 4.69. The average Bonchev–Trinajstić information content (AvgIpc) is 2.42. The van der Waals surface area contributed by atoms with E-state index in [0.717, 1.165) is 31.4 Å². The average molecular weight is 248 g/mol. The lowest BCUT2D eigenvalue weighted by atomic mass is 9.80. The Morgan fingerprint density at radius 3 is 2.72 bits per heavy atom. The summed E-state index contributed by atoms with van der Waals surface area (Å²) < 4.78 is 18.3. The van der Waals surface area contributed by atoms with Crippen LogP contribution >= 0.6 is 0 Å². The van der Waals surface area contributed by atoms with Crippen LogP contribution in [0.3, 0.4) is 0 Å². The fourth-order valence-electron chi connectivity index (χ4n) is 2.55. The molecule has 1 saturated carbocycles. The van der Waals surface area contributed by atoms with Crippen LogP contribution < -0.4 is 5.32 Å². The van der Waals surface area contributed by atoms with Crippen molar-refractivity contribution in [3.63, 3.8) is 0 Å². The number of ether oxygens (including phenoxy) is 1. The van der Waals surface area contributed by atoms with Crippen LogP contribution in [0.1, 0.15) is 25.7 Å². The zero-order chi connectivity index (χ0) is 13.0. The topological polar surface area (TPSA) is 45.0 Å². The minimum Gasteiger partial charge on any atom is -0.378 e. The van der Waals surface area contributed by atoms with Gasteiger partial charge in [-0.05, 0) is 43.5 Å². The molecule has 0 aliphatic heterocycles. The van der Waals surface area contributed by atoms with E-state index >= 15 is 0 Å². The highest BCUT2D eigenvalue weighted by Crippen LogP contribution is 2.33. The summed E-state index contributed by atoms with van der Waals surface area (Å²) in [5, 5.41) is 12.7. The van der Waals surface area contributed by atoms with E-state index in [0.29, 0.717) is 0 Å². The van der Waals surface area contributed by atoms with Crippen LogP contribution in [0.5, 0.6) is 0 Å². The van der Waals surface area contributed by atoms with Gasteiger partial charge in [-0.15, -0.1) is 0 Å². The largest absolute Gasteiger partial charge is 0.378 e. The number of nitriles is 1. The molecule has 0 radical (unpaired) electrons. The lowest BCUT2D eigenvalue weighted by molar-refractivity contribution is 0.0370. The van der Waals surface area contributed by atoms with Gasteiger partial charge in [-0.2, -0.15) is 5.26 Å². The zero-order valence-corrected chi connectivity index (χ0v) is 10.4. The fourth-order valence-corrected chi connectivity index (χ4v) is 2.55. The van der Waals surface area contributed by atoms with Crippen molar-refractivity contribution in [1.82, 2.24) is 0 Å². The Balaban J connectivity index is 2.21. The van der Waals surface area contributed by atoms with Crippen molar-refractivity contribution in [3.8, 4) is 6.07 Å². The van der Waals surface area contributed by atoms with Gasteiger partial charge in [-0.25, -0.2) is 4.39 Å². The third-order valence-electron chi connectivity index (χ3n) is 3.53. The molecule has 4 heteroatoms. The van der Waals surface area contributed by atoms with Crippen molar-refractivity contribution in [3.05, 3.63) is 30.1 Å². The van der Waals surface area contributed by atoms with Crippen LogP contribution in [0.25, 0.3) is 0 Å². The number of rotatable bonds is 3. The van der Waals surface area contributed by atoms with Gasteiger partial charge in [0.2, 0.25) is 0 Å². The molecule has 1 fully saturated rings. The Kier molecular flexibility index (Phi) is 3.83. The zero-order valence-electron chi connectivity index (χ0n) is 10.4. The highest BCUT2D eigenvalue weighted by Gasteiger charge is 2.41. The maximum atomic E-state index is 12.9. The summed E-state index contributed by atoms with van der Waals surface area (Å²) in [7, 11) is 1.63. The molecule has 0 amide bonds. The first kappa shape index (κ1) is 12.8. The van der Waals surface area contributed by atoms with Crippen molar-refractivity contribution >= 4 is 5.69 Å². The molecule has 1 aliphatic rings. The van der Waals surface area contributed by atoms with Crippen molar-refractivity contribution in [1.29, 1.82) is 5.26 Å². The quantitative estimate of drug-likeness (QED) is 0.894. The third kappa shape index (κ3) is 2.46. The molecule has 0 aromatic heterocycles. The maximum absolute atomic E-state index is 12.9. The molecule has 0 saturated heterocycles. The normalized spacial score (nSPS) is 27.5. The molecule has 1 aliphatic carbocycles. The van der Waals surface area contributed by atoms with Crippen LogP contribution in [-0.4, -0.2) is 18.8 Å². The van der Waals surface area contributed by atoms with Gasteiger partial charge in [-0.3, -0.25) is 0 Å². The van der Waals surface area contributed by atoms with E-state index in [1.807, 2.05) is 0 Å². The first-order valence-corrected chi connectivity index (χ1v) is 6.18. The smallest absolute Gasteiger partial charge is 0.151 e. The van der Waals surface area contributed by atoms with Gasteiger partial charge in [0.05, 0.1) is 12.2 Å². The van der Waals surface area contributed by atoms with E-state index in [1.165, 1.54) is 12.1 Å². The van der Waals surface area contributed by atoms with Crippen LogP contribution in [-0.2, 0) is 4.74 Å². The van der Waals surface area contributed by atoms with Gasteiger partial charge in [-0.1, -0.05) is 6.42 Å². The summed E-state index contributed by atoms with van der Waals surface area (Å²) in [6.07, 6.45) is 3.58. The van der Waals surface area contributed by atoms with Gasteiger partial charge in [0.15, 0.2) is 5.54 Å². The molecular weight excluding hydrogens is 231 g/mol. The van der Waals surface area contributed by atoms with Crippen molar-refractivity contribution in [2.75, 3.05) is 12.4 Å². The minimum absolute atomic E-state index is 0.124. The lowest BCUT2D eigenvalue weighted by Gasteiger charge is -2.39. The molecule has 96 valence electrons. The predicted molar refractivity (Wildman–Crippen MR) is 67.6 cm³/mol. The highest BCUT2D eigenvalue weighted by atomic mass is 19.1. The molecular formula is C14H17FN2O. The molecule has 18 heavy (non-hydrogen) atoms. The Hall–Kier alpha value is -1.60. The summed E-state index contributed by atoms with van der Waals surface area (Å²) in [4.78, 5) is 0. The molecule has 3 nitrogen and oxygen atoms in total. The van der Waals surface area contributed by atoms with Gasteiger partial charge in [0.1, 0.15) is 5.82 Å². The third-order valence-corrected chi connectivity index (χ3v) is 3.53. The SMILES string of the molecule is COC1CCCCC1(C#N)Nc1ccc(F)cc1. The Morgan fingerprint density at radius 2 is 2.11 bits per heavy atom. The predicted octanol–water partition coefficient (Wildman–Crippen LogP) is 3.09. The number of anilines is 1. The van der Waals surface area contributed by atoms with Gasteiger partial charge >= 0.3 is 0 Å². The van der Waals surface area contributed by atoms with E-state index in [4.69, 9.17) is 4.74 Å². The van der Waals surface area contributed by atoms with Gasteiger partial charge in [0.25, 0.3) is 0 Å². The first-order valence-electron chi connectivity index (χ1n) is 6.18. The summed E-state index contributed by atoms with van der Waals surface area (Å²) in [6, 6.07) is 8.42. The van der Waals surface area contributed by atoms with E-state index < -0.39 is 5.54 Å². The fraction of sp³-hybridized carbons (Fsp3) is 0.500. The number of hydrogen-bond acceptors (Lipinski definition) is 3. The number of halogens is 1. The Morgan fingerprint density at radius 1 is 1.39 bits per heavy atom. The van der Waals surface area contributed by atoms with E-state index in [9.17, 15) is 9.65 Å². The van der Waals surface area contributed by atoms with Crippen molar-refractivity contribution < 1.29 is 9.13 Å². The lowest BCUT2D eigenvalue weighted by Crippen LogP contribution is -2.51. The van der Waals surface area contributed by atoms with E-state index in [1.54, 1.807) is 19.2 Å². The summed E-state index contributed by atoms with van der Waals surface area (Å²) in [5.41, 5.74) is 0.0482. The molecule has 2 unspecified atom stereocenters. The monoisotopic (exact) mass is 248 g/mol. The van der Waals surface area contributed by atoms with E-state index in [2.05, 4.69) is 11.4 Å². The van der Waals surface area contributed by atoms with Crippen LogP contribution in [0.15, 0.2) is 24.3 Å². The number of benzene rings is 1. The summed E-state index contributed by atoms with van der Waals surface area (Å²) in [6.45, 7) is 0. The summed E-state index contributed by atoms with van der Waals surface area (Å²) >= 11 is 0. The second kappa shape index (κ2) is 5.36. The first-order chi connectivity index (χ1) is 8.70. The van der Waals surface area contributed by atoms with E-state index in [-0.39, 0.29) is 11.9 Å². The highest BCUT2D eigenvalue weighted by molar-refractivity contribution is 5.48. The number of nitrogens with one attached hydrogen (secondary N) is 1. The van der Waals surface area contributed by atoms with Crippen LogP contribution in [0.4, 0.5) is 10.1 Å². The van der Waals surface area contributed by atoms with Crippen molar-refractivity contribution in [2.24, 2.45) is 0 Å². The Bertz CT molecular complexity index is 440. The molecule has 0 bridgehead atoms. The minimum atomic E-state index is -0.704. The number of nitrogens with zero attached hydrogens (tertiary/aromatic N) is 1. The summed E-state index contributed by atoms with van der Waals surface area (Å²) in [5.74, 6) is -0.279. The molecule has 1 N–H and O–H groups in total. The number of methoxy groups -OCH3 is 1. The standard InChI is InChI=1S/C14H17FN2O/c1-18-13-4-2-3-9-14(13,10-16)17-12-7-5-11(15)6-8-12/h5-8,13,17H,2-4,9H2,1H3. The molecule has 1 aromatic carbocycles. The molecule has 0 spiro atoms. The van der Waals surface area contributed by atoms with Gasteiger partial charge in [0, 0.05) is 12.8 Å². The molecule has 0 heterocycles. The Labute approximate surface area is 107 Å². The van der Waals surface area contributed by atoms with Crippen LogP contribution in [0, 0.1) is 17.1 Å². The maximum Gasteiger partial charge on any atom is 0.151 e. The molecule has 2 rings (SSSR count). The van der Waals surface area contributed by atoms with Gasteiger partial charge < -0.3 is 10.1 Å². The van der Waals surface area contributed by atoms with Crippen molar-refractivity contribution in [2.45, 2.75) is 37.3 Å². The molecule has 1 aromatic rings. The second-order valence-electron chi connectivity index (χ2n) is 4.69. The molecule has 2 atom stereocenters.